The van der Waals surface area contributed by atoms with Crippen molar-refractivity contribution in [3.8, 4) is 0 Å². The lowest BCUT2D eigenvalue weighted by Crippen LogP contribution is -2.48. The normalized spacial score (nSPS) is 11.9. The zero-order valence-corrected chi connectivity index (χ0v) is 18.0. The van der Waals surface area contributed by atoms with Gasteiger partial charge in [0.15, 0.2) is 0 Å². The monoisotopic (exact) mass is 424 g/mol. The number of carbonyl (C=O) groups is 1. The lowest BCUT2D eigenvalue weighted by Gasteiger charge is -2.28. The number of nitrogens with zero attached hydrogens (tertiary/aromatic N) is 1. The molecule has 0 spiro atoms. The summed E-state index contributed by atoms with van der Waals surface area (Å²) in [6, 6.07) is 11.6. The van der Waals surface area contributed by atoms with Crippen molar-refractivity contribution < 1.29 is 17.6 Å². The van der Waals surface area contributed by atoms with Crippen molar-refractivity contribution in [1.29, 1.82) is 0 Å². The number of benzene rings is 2. The Bertz CT molecular complexity index is 929. The molecule has 0 fully saturated rings. The van der Waals surface area contributed by atoms with Crippen LogP contribution in [0.1, 0.15) is 27.2 Å². The maximum atomic E-state index is 13.8. The molecule has 1 amide bonds. The van der Waals surface area contributed by atoms with Gasteiger partial charge in [0, 0.05) is 10.4 Å². The van der Waals surface area contributed by atoms with E-state index in [0.29, 0.717) is 6.42 Å². The van der Waals surface area contributed by atoms with Crippen LogP contribution >= 0.6 is 11.8 Å². The molecule has 0 unspecified atom stereocenters. The molecule has 0 bridgehead atoms. The lowest BCUT2D eigenvalue weighted by molar-refractivity contribution is -0.121. The molecule has 0 heterocycles. The van der Waals surface area contributed by atoms with Crippen LogP contribution < -0.4 is 9.62 Å². The zero-order chi connectivity index (χ0) is 20.9. The first-order valence-electron chi connectivity index (χ1n) is 8.82. The molecule has 0 atom stereocenters. The smallest absolute Gasteiger partial charge is 0.264 e. The first kappa shape index (κ1) is 22.2. The van der Waals surface area contributed by atoms with Gasteiger partial charge in [-0.05, 0) is 69.0 Å². The number of amides is 1. The molecule has 0 radical (unpaired) electrons. The van der Waals surface area contributed by atoms with Crippen molar-refractivity contribution in [1.82, 2.24) is 5.32 Å². The van der Waals surface area contributed by atoms with Gasteiger partial charge in [0.2, 0.25) is 5.91 Å². The number of anilines is 1. The summed E-state index contributed by atoms with van der Waals surface area (Å²) in [5.41, 5.74) is -0.382. The number of thioether (sulfide) groups is 1. The van der Waals surface area contributed by atoms with Crippen molar-refractivity contribution in [2.75, 3.05) is 17.1 Å². The summed E-state index contributed by atoms with van der Waals surface area (Å²) in [5, 5.41) is 2.82. The second-order valence-corrected chi connectivity index (χ2v) is 9.69. The molecular weight excluding hydrogens is 399 g/mol. The summed E-state index contributed by atoms with van der Waals surface area (Å²) in [6.07, 6.45) is 2.57. The molecule has 0 aliphatic rings. The summed E-state index contributed by atoms with van der Waals surface area (Å²) in [4.78, 5) is 13.5. The molecule has 2 rings (SSSR count). The molecule has 28 heavy (non-hydrogen) atoms. The molecule has 0 saturated heterocycles. The van der Waals surface area contributed by atoms with Gasteiger partial charge >= 0.3 is 0 Å². The Balaban J connectivity index is 2.43. The largest absolute Gasteiger partial charge is 0.350 e. The number of nitrogens with one attached hydrogen (secondary N) is 1. The van der Waals surface area contributed by atoms with Gasteiger partial charge in [0.25, 0.3) is 10.0 Å². The fourth-order valence-corrected chi connectivity index (χ4v) is 4.28. The van der Waals surface area contributed by atoms with Gasteiger partial charge in [0.1, 0.15) is 12.4 Å². The highest BCUT2D eigenvalue weighted by molar-refractivity contribution is 7.98. The minimum Gasteiger partial charge on any atom is -0.350 e. The molecule has 1 N–H and O–H groups in total. The van der Waals surface area contributed by atoms with Crippen LogP contribution in [0.2, 0.25) is 0 Å². The zero-order valence-electron chi connectivity index (χ0n) is 16.4. The summed E-state index contributed by atoms with van der Waals surface area (Å²) in [6.45, 7) is 5.19. The van der Waals surface area contributed by atoms with Crippen LogP contribution in [-0.4, -0.2) is 32.7 Å². The number of rotatable bonds is 8. The van der Waals surface area contributed by atoms with Crippen molar-refractivity contribution in [2.24, 2.45) is 0 Å². The summed E-state index contributed by atoms with van der Waals surface area (Å²) in [5.74, 6) is -1.04. The maximum absolute atomic E-state index is 13.8. The van der Waals surface area contributed by atoms with E-state index in [1.807, 2.05) is 27.0 Å². The molecule has 8 heteroatoms. The molecule has 0 aliphatic carbocycles. The molecule has 0 saturated carbocycles. The Morgan fingerprint density at radius 2 is 1.82 bits per heavy atom. The third-order valence-corrected chi connectivity index (χ3v) is 6.92. The quantitative estimate of drug-likeness (QED) is 0.650. The predicted octanol–water partition coefficient (Wildman–Crippen LogP) is 4.05. The minimum atomic E-state index is -4.06. The van der Waals surface area contributed by atoms with E-state index >= 15 is 0 Å². The van der Waals surface area contributed by atoms with Crippen molar-refractivity contribution in [3.05, 3.63) is 54.3 Å². The summed E-state index contributed by atoms with van der Waals surface area (Å²) in [7, 11) is -4.06. The highest BCUT2D eigenvalue weighted by Gasteiger charge is 2.29. The van der Waals surface area contributed by atoms with Crippen LogP contribution in [0.3, 0.4) is 0 Å². The van der Waals surface area contributed by atoms with E-state index in [4.69, 9.17) is 0 Å². The summed E-state index contributed by atoms with van der Waals surface area (Å²) < 4.78 is 41.2. The predicted molar refractivity (Wildman–Crippen MR) is 112 cm³/mol. The third kappa shape index (κ3) is 5.48. The number of halogens is 1. The van der Waals surface area contributed by atoms with E-state index in [-0.39, 0.29) is 10.6 Å². The highest BCUT2D eigenvalue weighted by atomic mass is 32.2. The standard InChI is InChI=1S/C20H25FN2O3S2/c1-5-20(2,3)22-19(24)14-23(16-8-6-7-15(21)13-16)28(25,26)18-11-9-17(27-4)10-12-18/h6-13H,5,14H2,1-4H3,(H,22,24). The Labute approximate surface area is 170 Å². The Morgan fingerprint density at radius 3 is 2.36 bits per heavy atom. The van der Waals surface area contributed by atoms with Gasteiger partial charge in [-0.1, -0.05) is 13.0 Å². The van der Waals surface area contributed by atoms with Gasteiger partial charge in [0.05, 0.1) is 10.6 Å². The molecule has 0 aromatic heterocycles. The molecular formula is C20H25FN2O3S2. The topological polar surface area (TPSA) is 66.5 Å². The highest BCUT2D eigenvalue weighted by Crippen LogP contribution is 2.26. The number of carbonyl (C=O) groups excluding carboxylic acids is 1. The van der Waals surface area contributed by atoms with Crippen LogP contribution in [-0.2, 0) is 14.8 Å². The van der Waals surface area contributed by atoms with E-state index in [9.17, 15) is 17.6 Å². The minimum absolute atomic E-state index is 0.0390. The number of hydrogen-bond donors (Lipinski definition) is 1. The van der Waals surface area contributed by atoms with Crippen LogP contribution in [0.25, 0.3) is 0 Å². The van der Waals surface area contributed by atoms with Crippen molar-refractivity contribution in [2.45, 2.75) is 42.5 Å². The third-order valence-electron chi connectivity index (χ3n) is 4.39. The van der Waals surface area contributed by atoms with E-state index in [1.165, 1.54) is 42.1 Å². The first-order chi connectivity index (χ1) is 13.1. The van der Waals surface area contributed by atoms with Gasteiger partial charge in [-0.25, -0.2) is 12.8 Å². The van der Waals surface area contributed by atoms with Crippen LogP contribution in [0, 0.1) is 5.82 Å². The average molecular weight is 425 g/mol. The van der Waals surface area contributed by atoms with Crippen LogP contribution in [0.4, 0.5) is 10.1 Å². The molecule has 2 aromatic rings. The van der Waals surface area contributed by atoms with E-state index in [1.54, 1.807) is 12.1 Å². The second kappa shape index (κ2) is 8.96. The first-order valence-corrected chi connectivity index (χ1v) is 11.5. The maximum Gasteiger partial charge on any atom is 0.264 e. The van der Waals surface area contributed by atoms with E-state index in [0.717, 1.165) is 15.3 Å². The van der Waals surface area contributed by atoms with Crippen LogP contribution in [0.15, 0.2) is 58.3 Å². The molecule has 0 aliphatic heterocycles. The van der Waals surface area contributed by atoms with Crippen molar-refractivity contribution >= 4 is 33.4 Å². The Morgan fingerprint density at radius 1 is 1.18 bits per heavy atom. The summed E-state index contributed by atoms with van der Waals surface area (Å²) >= 11 is 1.49. The van der Waals surface area contributed by atoms with Crippen LogP contribution in [0.5, 0.6) is 0 Å². The van der Waals surface area contributed by atoms with Gasteiger partial charge in [-0.15, -0.1) is 11.8 Å². The Hall–Kier alpha value is -2.06. The average Bonchev–Trinajstić information content (AvgIpc) is 2.65. The van der Waals surface area contributed by atoms with Crippen molar-refractivity contribution in [3.63, 3.8) is 0 Å². The fourth-order valence-electron chi connectivity index (χ4n) is 2.46. The lowest BCUT2D eigenvalue weighted by atomic mass is 10.0. The molecule has 152 valence electrons. The SMILES string of the molecule is CCC(C)(C)NC(=O)CN(c1cccc(F)c1)S(=O)(=O)c1ccc(SC)cc1. The van der Waals surface area contributed by atoms with Gasteiger partial charge in [-0.2, -0.15) is 0 Å². The number of sulfonamides is 1. The van der Waals surface area contributed by atoms with Gasteiger partial charge in [-0.3, -0.25) is 9.10 Å². The molecule has 2 aromatic carbocycles. The second-order valence-electron chi connectivity index (χ2n) is 6.95. The number of hydrogen-bond acceptors (Lipinski definition) is 4. The van der Waals surface area contributed by atoms with E-state index in [2.05, 4.69) is 5.32 Å². The Kier molecular flexibility index (Phi) is 7.11. The van der Waals surface area contributed by atoms with Gasteiger partial charge < -0.3 is 5.32 Å². The molecule has 5 nitrogen and oxygen atoms in total. The fraction of sp³-hybridized carbons (Fsp3) is 0.350. The van der Waals surface area contributed by atoms with E-state index < -0.39 is 33.8 Å².